The number of aliphatic imine (C=N–C) groups is 1. The fourth-order valence-electron chi connectivity index (χ4n) is 3.40. The molecular weight excluding hydrogens is 426 g/mol. The average molecular weight is 448 g/mol. The number of amides is 2. The van der Waals surface area contributed by atoms with E-state index in [-0.39, 0.29) is 23.1 Å². The first-order valence-electron chi connectivity index (χ1n) is 10.1. The minimum absolute atomic E-state index is 0.176. The van der Waals surface area contributed by atoms with E-state index in [9.17, 15) is 9.59 Å². The van der Waals surface area contributed by atoms with E-state index < -0.39 is 5.25 Å². The van der Waals surface area contributed by atoms with Crippen LogP contribution in [0.1, 0.15) is 5.56 Å². The van der Waals surface area contributed by atoms with E-state index in [1.807, 2.05) is 36.4 Å². The van der Waals surface area contributed by atoms with Crippen LogP contribution in [0.2, 0.25) is 0 Å². The largest absolute Gasteiger partial charge is 0.400 e. The Morgan fingerprint density at radius 3 is 2.62 bits per heavy atom. The van der Waals surface area contributed by atoms with Gasteiger partial charge in [-0.1, -0.05) is 36.0 Å². The lowest BCUT2D eigenvalue weighted by atomic mass is 10.1. The third-order valence-corrected chi connectivity index (χ3v) is 6.23. The van der Waals surface area contributed by atoms with Crippen LogP contribution in [0.3, 0.4) is 0 Å². The summed E-state index contributed by atoms with van der Waals surface area (Å²) in [6.45, 7) is 1.82. The predicted octanol–water partition coefficient (Wildman–Crippen LogP) is 2.41. The van der Waals surface area contributed by atoms with E-state index in [0.717, 1.165) is 11.8 Å². The Bertz CT molecular complexity index is 1130. The lowest BCUT2D eigenvalue weighted by Gasteiger charge is -2.27. The van der Waals surface area contributed by atoms with Crippen LogP contribution in [0.5, 0.6) is 0 Å². The predicted molar refractivity (Wildman–Crippen MR) is 123 cm³/mol. The van der Waals surface area contributed by atoms with Crippen molar-refractivity contribution in [2.45, 2.75) is 5.25 Å². The molecule has 1 saturated heterocycles. The van der Waals surface area contributed by atoms with Crippen molar-refractivity contribution in [2.75, 3.05) is 31.6 Å². The highest BCUT2D eigenvalue weighted by atomic mass is 32.2. The van der Waals surface area contributed by atoms with Gasteiger partial charge < -0.3 is 20.7 Å². The van der Waals surface area contributed by atoms with Crippen LogP contribution in [-0.2, 0) is 14.3 Å². The second-order valence-corrected chi connectivity index (χ2v) is 8.26. The van der Waals surface area contributed by atoms with E-state index in [4.69, 9.17) is 15.7 Å². The van der Waals surface area contributed by atoms with Gasteiger partial charge in [-0.05, 0) is 30.3 Å². The first-order valence-corrected chi connectivity index (χ1v) is 10.9. The standard InChI is InChI=1S/C23H21N5O3S/c24-14-15-5-4-8-17(13-15)26-21(29)20-19(25)18(23(30)28-9-11-31-12-10-28)22(32-20)27-16-6-2-1-3-7-16/h1-8,13,20H,9-12,25H2,(H,26,29)/t20-/m1/s1. The number of morpholine rings is 1. The maximum Gasteiger partial charge on any atom is 0.258 e. The molecule has 3 N–H and O–H groups in total. The highest BCUT2D eigenvalue weighted by Gasteiger charge is 2.40. The molecule has 162 valence electrons. The highest BCUT2D eigenvalue weighted by molar-refractivity contribution is 8.16. The zero-order valence-electron chi connectivity index (χ0n) is 17.2. The van der Waals surface area contributed by atoms with E-state index >= 15 is 0 Å². The number of carbonyl (C=O) groups is 2. The second-order valence-electron chi connectivity index (χ2n) is 7.17. The summed E-state index contributed by atoms with van der Waals surface area (Å²) in [6, 6.07) is 17.9. The van der Waals surface area contributed by atoms with Crippen LogP contribution in [-0.4, -0.2) is 53.3 Å². The molecule has 4 rings (SSSR count). The smallest absolute Gasteiger partial charge is 0.258 e. The van der Waals surface area contributed by atoms with Crippen LogP contribution >= 0.6 is 11.8 Å². The van der Waals surface area contributed by atoms with Crippen molar-refractivity contribution in [3.63, 3.8) is 0 Å². The summed E-state index contributed by atoms with van der Waals surface area (Å²) in [6.07, 6.45) is 0. The van der Waals surface area contributed by atoms with Crippen LogP contribution < -0.4 is 11.1 Å². The highest BCUT2D eigenvalue weighted by Crippen LogP contribution is 2.36. The molecule has 8 nitrogen and oxygen atoms in total. The number of benzene rings is 2. The van der Waals surface area contributed by atoms with Gasteiger partial charge in [-0.2, -0.15) is 5.26 Å². The molecule has 0 bridgehead atoms. The lowest BCUT2D eigenvalue weighted by molar-refractivity contribution is -0.130. The van der Waals surface area contributed by atoms with Gasteiger partial charge in [0.1, 0.15) is 10.3 Å². The summed E-state index contributed by atoms with van der Waals surface area (Å²) in [4.78, 5) is 32.6. The minimum atomic E-state index is -0.816. The number of ether oxygens (including phenoxy) is 1. The SMILES string of the molecule is N#Cc1cccc(NC(=O)[C@@H]2SC(=Nc3ccccc3)C(C(=O)N3CCOCC3)=C2N)c1. The second kappa shape index (κ2) is 9.68. The molecule has 0 aromatic heterocycles. The molecule has 2 aromatic rings. The number of nitriles is 1. The lowest BCUT2D eigenvalue weighted by Crippen LogP contribution is -2.42. The number of thioether (sulfide) groups is 1. The van der Waals surface area contributed by atoms with Crippen LogP contribution in [0.25, 0.3) is 0 Å². The summed E-state index contributed by atoms with van der Waals surface area (Å²) in [5.74, 6) is -0.636. The topological polar surface area (TPSA) is 121 Å². The first-order chi connectivity index (χ1) is 15.6. The molecule has 0 unspecified atom stereocenters. The molecule has 9 heteroatoms. The van der Waals surface area contributed by atoms with Gasteiger partial charge >= 0.3 is 0 Å². The Balaban J connectivity index is 1.65. The normalized spacial score (nSPS) is 19.7. The average Bonchev–Trinajstić information content (AvgIpc) is 3.15. The zero-order chi connectivity index (χ0) is 22.5. The molecule has 0 radical (unpaired) electrons. The van der Waals surface area contributed by atoms with Gasteiger partial charge in [-0.3, -0.25) is 9.59 Å². The van der Waals surface area contributed by atoms with Gasteiger partial charge in [0.15, 0.2) is 0 Å². The third kappa shape index (κ3) is 4.66. The molecule has 1 atom stereocenters. The molecule has 0 aliphatic carbocycles. The van der Waals surface area contributed by atoms with Gasteiger partial charge in [-0.15, -0.1) is 0 Å². The number of rotatable bonds is 4. The van der Waals surface area contributed by atoms with Gasteiger partial charge in [0.05, 0.1) is 36.1 Å². The van der Waals surface area contributed by atoms with E-state index in [2.05, 4.69) is 10.3 Å². The number of nitrogens with zero attached hydrogens (tertiary/aromatic N) is 3. The van der Waals surface area contributed by atoms with E-state index in [0.29, 0.717) is 48.3 Å². The monoisotopic (exact) mass is 447 g/mol. The van der Waals surface area contributed by atoms with Gasteiger partial charge in [-0.25, -0.2) is 4.99 Å². The van der Waals surface area contributed by atoms with Crippen LogP contribution in [0, 0.1) is 11.3 Å². The summed E-state index contributed by atoms with van der Waals surface area (Å²) in [7, 11) is 0. The van der Waals surface area contributed by atoms with E-state index in [1.165, 1.54) is 0 Å². The number of carbonyl (C=O) groups excluding carboxylic acids is 2. The molecule has 2 aliphatic heterocycles. The van der Waals surface area contributed by atoms with Crippen molar-refractivity contribution in [1.29, 1.82) is 5.26 Å². The fourth-order valence-corrected chi connectivity index (χ4v) is 4.51. The zero-order valence-corrected chi connectivity index (χ0v) is 18.0. The van der Waals surface area contributed by atoms with Gasteiger partial charge in [0.25, 0.3) is 5.91 Å². The summed E-state index contributed by atoms with van der Waals surface area (Å²) in [5.41, 5.74) is 8.38. The molecule has 2 aliphatic rings. The Morgan fingerprint density at radius 1 is 1.16 bits per heavy atom. The first kappa shape index (κ1) is 21.6. The summed E-state index contributed by atoms with van der Waals surface area (Å²) < 4.78 is 5.34. The number of anilines is 1. The van der Waals surface area contributed by atoms with Crippen LogP contribution in [0.15, 0.2) is 70.9 Å². The molecule has 2 aromatic carbocycles. The number of hydrogen-bond donors (Lipinski definition) is 2. The number of para-hydroxylation sites is 1. The summed E-state index contributed by atoms with van der Waals surface area (Å²) in [5, 5.41) is 11.5. The molecule has 2 heterocycles. The van der Waals surface area contributed by atoms with Crippen molar-refractivity contribution in [3.05, 3.63) is 71.4 Å². The number of nitrogens with two attached hydrogens (primary N) is 1. The number of hydrogen-bond acceptors (Lipinski definition) is 7. The maximum absolute atomic E-state index is 13.3. The van der Waals surface area contributed by atoms with Crippen molar-refractivity contribution in [1.82, 2.24) is 4.90 Å². The third-order valence-electron chi connectivity index (χ3n) is 5.01. The Morgan fingerprint density at radius 2 is 1.91 bits per heavy atom. The Hall–Kier alpha value is -3.61. The molecule has 32 heavy (non-hydrogen) atoms. The van der Waals surface area contributed by atoms with Crippen molar-refractivity contribution >= 4 is 40.0 Å². The van der Waals surface area contributed by atoms with Crippen molar-refractivity contribution in [2.24, 2.45) is 10.7 Å². The summed E-state index contributed by atoms with van der Waals surface area (Å²) >= 11 is 1.15. The van der Waals surface area contributed by atoms with Crippen molar-refractivity contribution in [3.8, 4) is 6.07 Å². The fraction of sp³-hybridized carbons (Fsp3) is 0.217. The molecular formula is C23H21N5O3S. The number of nitrogens with one attached hydrogen (secondary N) is 1. The van der Waals surface area contributed by atoms with Gasteiger partial charge in [0.2, 0.25) is 5.91 Å². The molecule has 2 amide bonds. The van der Waals surface area contributed by atoms with E-state index in [1.54, 1.807) is 29.2 Å². The van der Waals surface area contributed by atoms with Crippen LogP contribution in [0.4, 0.5) is 11.4 Å². The Kier molecular flexibility index (Phi) is 6.54. The van der Waals surface area contributed by atoms with Crippen molar-refractivity contribution < 1.29 is 14.3 Å². The molecule has 0 saturated carbocycles. The maximum atomic E-state index is 13.3. The van der Waals surface area contributed by atoms with Gasteiger partial charge in [0, 0.05) is 24.5 Å². The minimum Gasteiger partial charge on any atom is -0.400 e. The molecule has 1 fully saturated rings. The quantitative estimate of drug-likeness (QED) is 0.743. The molecule has 0 spiro atoms. The Labute approximate surface area is 189 Å².